The monoisotopic (exact) mass is 204 g/mol. The molecule has 1 atom stereocenters. The lowest BCUT2D eigenvalue weighted by molar-refractivity contribution is -0.142. The summed E-state index contributed by atoms with van der Waals surface area (Å²) in [5.41, 5.74) is 0. The van der Waals surface area contributed by atoms with Crippen LogP contribution in [0.4, 0.5) is 0 Å². The smallest absolute Gasteiger partial charge is 0.306 e. The van der Waals surface area contributed by atoms with Crippen molar-refractivity contribution < 1.29 is 15.0 Å². The number of carbonyl (C=O) groups is 1. The second kappa shape index (κ2) is 12.4. The normalized spacial score (nSPS) is 11.4. The Balaban J connectivity index is 0. The maximum atomic E-state index is 10.4. The molecule has 3 heteroatoms. The Labute approximate surface area is 87.1 Å². The summed E-state index contributed by atoms with van der Waals surface area (Å²) in [5.74, 6) is -0.754. The maximum absolute atomic E-state index is 10.4. The zero-order valence-electron chi connectivity index (χ0n) is 9.62. The van der Waals surface area contributed by atoms with E-state index in [1.807, 2.05) is 13.8 Å². The van der Waals surface area contributed by atoms with E-state index in [0.717, 1.165) is 32.1 Å². The lowest BCUT2D eigenvalue weighted by Crippen LogP contribution is -2.11. The van der Waals surface area contributed by atoms with E-state index in [1.165, 1.54) is 0 Å². The van der Waals surface area contributed by atoms with Gasteiger partial charge in [0.05, 0.1) is 5.92 Å². The summed E-state index contributed by atoms with van der Waals surface area (Å²) in [6, 6.07) is 0. The Bertz CT molecular complexity index is 122. The van der Waals surface area contributed by atoms with Gasteiger partial charge in [-0.25, -0.2) is 0 Å². The van der Waals surface area contributed by atoms with Gasteiger partial charge in [-0.15, -0.1) is 0 Å². The largest absolute Gasteiger partial charge is 0.481 e. The first-order chi connectivity index (χ1) is 6.63. The Morgan fingerprint density at radius 3 is 1.93 bits per heavy atom. The predicted octanol–water partition coefficient (Wildman–Crippen LogP) is 2.68. The minimum Gasteiger partial charge on any atom is -0.481 e. The molecular weight excluding hydrogens is 180 g/mol. The molecule has 3 nitrogen and oxygen atoms in total. The maximum Gasteiger partial charge on any atom is 0.306 e. The Morgan fingerprint density at radius 2 is 1.71 bits per heavy atom. The first-order valence-corrected chi connectivity index (χ1v) is 5.47. The topological polar surface area (TPSA) is 57.5 Å². The fourth-order valence-corrected chi connectivity index (χ4v) is 0.953. The highest BCUT2D eigenvalue weighted by Gasteiger charge is 2.12. The molecule has 0 bridgehead atoms. The molecule has 0 amide bonds. The van der Waals surface area contributed by atoms with Crippen LogP contribution in [0.25, 0.3) is 0 Å². The Kier molecular flexibility index (Phi) is 14.1. The Hall–Kier alpha value is -0.570. The van der Waals surface area contributed by atoms with Crippen molar-refractivity contribution in [2.45, 2.75) is 52.9 Å². The molecule has 0 heterocycles. The van der Waals surface area contributed by atoms with Crippen molar-refractivity contribution in [1.29, 1.82) is 0 Å². The van der Waals surface area contributed by atoms with Crippen molar-refractivity contribution in [3.05, 3.63) is 0 Å². The minimum absolute atomic E-state index is 0.111. The molecule has 0 aromatic rings. The van der Waals surface area contributed by atoms with Gasteiger partial charge in [-0.1, -0.05) is 33.6 Å². The summed E-state index contributed by atoms with van der Waals surface area (Å²) in [6.07, 6.45) is 4.59. The molecule has 0 fully saturated rings. The van der Waals surface area contributed by atoms with E-state index in [9.17, 15) is 4.79 Å². The molecule has 0 rings (SSSR count). The van der Waals surface area contributed by atoms with Crippen LogP contribution in [0.3, 0.4) is 0 Å². The molecule has 0 radical (unpaired) electrons. The molecule has 0 aromatic carbocycles. The van der Waals surface area contributed by atoms with Gasteiger partial charge in [0.25, 0.3) is 0 Å². The van der Waals surface area contributed by atoms with Gasteiger partial charge in [-0.05, 0) is 19.3 Å². The number of carboxylic acid groups (broad SMARTS) is 1. The van der Waals surface area contributed by atoms with Crippen molar-refractivity contribution in [3.63, 3.8) is 0 Å². The van der Waals surface area contributed by atoms with E-state index in [0.29, 0.717) is 6.61 Å². The highest BCUT2D eigenvalue weighted by Crippen LogP contribution is 2.11. The van der Waals surface area contributed by atoms with Crippen molar-refractivity contribution >= 4 is 5.97 Å². The van der Waals surface area contributed by atoms with Crippen LogP contribution in [-0.2, 0) is 4.79 Å². The van der Waals surface area contributed by atoms with Gasteiger partial charge in [0.15, 0.2) is 0 Å². The van der Waals surface area contributed by atoms with Crippen LogP contribution < -0.4 is 0 Å². The van der Waals surface area contributed by atoms with Crippen molar-refractivity contribution in [3.8, 4) is 0 Å². The summed E-state index contributed by atoms with van der Waals surface area (Å²) < 4.78 is 0. The number of aliphatic hydroxyl groups excluding tert-OH is 1. The van der Waals surface area contributed by atoms with Crippen molar-refractivity contribution in [1.82, 2.24) is 0 Å². The lowest BCUT2D eigenvalue weighted by atomic mass is 10.00. The second-order valence-electron chi connectivity index (χ2n) is 3.31. The third-order valence-corrected chi connectivity index (χ3v) is 1.97. The fourth-order valence-electron chi connectivity index (χ4n) is 0.953. The van der Waals surface area contributed by atoms with E-state index in [4.69, 9.17) is 10.2 Å². The SMILES string of the molecule is CCCCC(CC)C(=O)O.CCCO. The van der Waals surface area contributed by atoms with Gasteiger partial charge in [-0.3, -0.25) is 4.79 Å². The van der Waals surface area contributed by atoms with Crippen LogP contribution in [0, 0.1) is 5.92 Å². The first-order valence-electron chi connectivity index (χ1n) is 5.47. The molecule has 0 aliphatic carbocycles. The van der Waals surface area contributed by atoms with E-state index in [2.05, 4.69) is 6.92 Å². The van der Waals surface area contributed by atoms with Crippen LogP contribution in [0.2, 0.25) is 0 Å². The van der Waals surface area contributed by atoms with Crippen LogP contribution in [0.15, 0.2) is 0 Å². The highest BCUT2D eigenvalue weighted by molar-refractivity contribution is 5.69. The third kappa shape index (κ3) is 11.4. The molecule has 0 saturated heterocycles. The number of hydrogen-bond donors (Lipinski definition) is 2. The van der Waals surface area contributed by atoms with Crippen LogP contribution >= 0.6 is 0 Å². The van der Waals surface area contributed by atoms with Gasteiger partial charge in [0.1, 0.15) is 0 Å². The minimum atomic E-state index is -0.643. The lowest BCUT2D eigenvalue weighted by Gasteiger charge is -2.06. The van der Waals surface area contributed by atoms with Gasteiger partial charge < -0.3 is 10.2 Å². The molecule has 0 saturated carbocycles. The van der Waals surface area contributed by atoms with Gasteiger partial charge in [0.2, 0.25) is 0 Å². The number of carboxylic acids is 1. The van der Waals surface area contributed by atoms with E-state index < -0.39 is 5.97 Å². The molecule has 2 N–H and O–H groups in total. The first kappa shape index (κ1) is 15.9. The van der Waals surface area contributed by atoms with E-state index in [1.54, 1.807) is 0 Å². The summed E-state index contributed by atoms with van der Waals surface area (Å²) in [6.45, 7) is 6.25. The molecule has 0 aromatic heterocycles. The standard InChI is InChI=1S/C8H16O2.C3H8O/c1-3-5-6-7(4-2)8(9)10;1-2-3-4/h7H,3-6H2,1-2H3,(H,9,10);4H,2-3H2,1H3. The molecule has 86 valence electrons. The molecule has 0 aliphatic rings. The zero-order chi connectivity index (χ0) is 11.4. The number of hydrogen-bond acceptors (Lipinski definition) is 2. The highest BCUT2D eigenvalue weighted by atomic mass is 16.4. The zero-order valence-corrected chi connectivity index (χ0v) is 9.62. The summed E-state index contributed by atoms with van der Waals surface area (Å²) in [7, 11) is 0. The Morgan fingerprint density at radius 1 is 1.21 bits per heavy atom. The number of rotatable bonds is 6. The average molecular weight is 204 g/mol. The van der Waals surface area contributed by atoms with Crippen LogP contribution in [0.1, 0.15) is 52.9 Å². The van der Waals surface area contributed by atoms with E-state index >= 15 is 0 Å². The van der Waals surface area contributed by atoms with E-state index in [-0.39, 0.29) is 5.92 Å². The van der Waals surface area contributed by atoms with Gasteiger partial charge in [-0.2, -0.15) is 0 Å². The molecular formula is C11H24O3. The number of aliphatic carboxylic acids is 1. The van der Waals surface area contributed by atoms with Crippen molar-refractivity contribution in [2.75, 3.05) is 6.61 Å². The quantitative estimate of drug-likeness (QED) is 0.699. The second-order valence-corrected chi connectivity index (χ2v) is 3.31. The summed E-state index contributed by atoms with van der Waals surface area (Å²) in [4.78, 5) is 10.4. The van der Waals surface area contributed by atoms with Gasteiger partial charge >= 0.3 is 5.97 Å². The average Bonchev–Trinajstić information content (AvgIpc) is 2.19. The molecule has 1 unspecified atom stereocenters. The third-order valence-electron chi connectivity index (χ3n) is 1.97. The number of unbranched alkanes of at least 4 members (excludes halogenated alkanes) is 1. The van der Waals surface area contributed by atoms with Crippen molar-refractivity contribution in [2.24, 2.45) is 5.92 Å². The predicted molar refractivity (Wildman–Crippen MR) is 58.3 cm³/mol. The fraction of sp³-hybridized carbons (Fsp3) is 0.909. The number of aliphatic hydroxyl groups is 1. The molecule has 0 aliphatic heterocycles. The molecule has 0 spiro atoms. The van der Waals surface area contributed by atoms with Crippen LogP contribution in [-0.4, -0.2) is 22.8 Å². The van der Waals surface area contributed by atoms with Gasteiger partial charge in [0, 0.05) is 6.61 Å². The molecule has 14 heavy (non-hydrogen) atoms. The summed E-state index contributed by atoms with van der Waals surface area (Å²) in [5, 5.41) is 16.5. The van der Waals surface area contributed by atoms with Crippen LogP contribution in [0.5, 0.6) is 0 Å². The summed E-state index contributed by atoms with van der Waals surface area (Å²) >= 11 is 0.